The van der Waals surface area contributed by atoms with Crippen molar-refractivity contribution in [3.05, 3.63) is 0 Å². The van der Waals surface area contributed by atoms with Gasteiger partial charge in [-0.3, -0.25) is 4.99 Å². The van der Waals surface area contributed by atoms with Crippen molar-refractivity contribution < 1.29 is 23.7 Å². The summed E-state index contributed by atoms with van der Waals surface area (Å²) in [5, 5.41) is 5.42. The van der Waals surface area contributed by atoms with Crippen LogP contribution in [-0.4, -0.2) is 63.0 Å². The number of rotatable bonds is 10. The van der Waals surface area contributed by atoms with Gasteiger partial charge >= 0.3 is 20.2 Å². The molecule has 9 nitrogen and oxygen atoms in total. The Hall–Kier alpha value is -1.97. The minimum Gasteiger partial charge on any atom is -0.560 e. The zero-order chi connectivity index (χ0) is 21.8. The molecule has 0 spiro atoms. The van der Waals surface area contributed by atoms with Crippen molar-refractivity contribution in [1.29, 1.82) is 0 Å². The highest BCUT2D eigenvalue weighted by molar-refractivity contribution is 6.02. The summed E-state index contributed by atoms with van der Waals surface area (Å²) in [5.74, 6) is 0. The van der Waals surface area contributed by atoms with Gasteiger partial charge in [-0.1, -0.05) is 0 Å². The predicted molar refractivity (Wildman–Crippen MR) is 112 cm³/mol. The average molecular weight is 400 g/mol. The second kappa shape index (κ2) is 11.8. The quantitative estimate of drug-likeness (QED) is 0.290. The van der Waals surface area contributed by atoms with E-state index in [-0.39, 0.29) is 0 Å². The number of carbonyl (C=O) groups excluding carboxylic acids is 2. The lowest BCUT2D eigenvalue weighted by Gasteiger charge is -2.30. The Morgan fingerprint density at radius 2 is 1.36 bits per heavy atom. The molecule has 0 rings (SSSR count). The van der Waals surface area contributed by atoms with E-state index in [9.17, 15) is 9.59 Å². The van der Waals surface area contributed by atoms with Crippen LogP contribution in [0.3, 0.4) is 0 Å². The fourth-order valence-corrected chi connectivity index (χ4v) is 2.24. The summed E-state index contributed by atoms with van der Waals surface area (Å²) in [4.78, 5) is 27.7. The minimum absolute atomic E-state index is 0.353. The van der Waals surface area contributed by atoms with Gasteiger partial charge in [0.2, 0.25) is 0 Å². The van der Waals surface area contributed by atoms with Gasteiger partial charge in [-0.05, 0) is 60.8 Å². The van der Waals surface area contributed by atoms with Crippen molar-refractivity contribution in [3.8, 4) is 0 Å². The Balaban J connectivity index is 4.59. The number of nitrogens with one attached hydrogen (secondary N) is 2. The van der Waals surface area contributed by atoms with Crippen molar-refractivity contribution in [3.63, 3.8) is 0 Å². The third-order valence-corrected chi connectivity index (χ3v) is 3.50. The second-order valence-electron chi connectivity index (χ2n) is 8.72. The van der Waals surface area contributed by atoms with Gasteiger partial charge in [0.05, 0.1) is 0 Å². The third-order valence-electron chi connectivity index (χ3n) is 3.50. The smallest absolute Gasteiger partial charge is 0.407 e. The molecule has 0 saturated carbocycles. The van der Waals surface area contributed by atoms with Gasteiger partial charge in [0.25, 0.3) is 0 Å². The van der Waals surface area contributed by atoms with E-state index in [2.05, 4.69) is 15.6 Å². The lowest BCUT2D eigenvalue weighted by Crippen LogP contribution is -2.47. The van der Waals surface area contributed by atoms with Gasteiger partial charge in [-0.2, -0.15) is 0 Å². The number of hydrogen-bond acceptors (Lipinski definition) is 7. The summed E-state index contributed by atoms with van der Waals surface area (Å²) >= 11 is 0. The van der Waals surface area contributed by atoms with Gasteiger partial charge in [0.1, 0.15) is 11.2 Å². The Kier molecular flexibility index (Phi) is 11.0. The molecule has 0 unspecified atom stereocenters. The van der Waals surface area contributed by atoms with Crippen LogP contribution in [-0.2, 0) is 14.1 Å². The first-order valence-corrected chi connectivity index (χ1v) is 9.50. The molecule has 0 bridgehead atoms. The van der Waals surface area contributed by atoms with E-state index in [0.717, 1.165) is 0 Å². The average Bonchev–Trinajstić information content (AvgIpc) is 2.48. The second-order valence-corrected chi connectivity index (χ2v) is 8.72. The number of carbonyl (C=O) groups is 2. The number of aliphatic imine (C=N–C) groups is 1. The van der Waals surface area contributed by atoms with Gasteiger partial charge in [0.15, 0.2) is 6.40 Å². The highest BCUT2D eigenvalue weighted by Crippen LogP contribution is 2.17. The summed E-state index contributed by atoms with van der Waals surface area (Å²) in [6.45, 7) is 12.0. The monoisotopic (exact) mass is 400 g/mol. The predicted octanol–water partition coefficient (Wildman–Crippen LogP) is 1.50. The SMILES string of the molecule is BOC=NCCC(N)(CCNC(=O)OC(C)(C)C)CCNC(=O)OC(C)(C)C. The number of nitrogens with zero attached hydrogens (tertiary/aromatic N) is 1. The first-order valence-electron chi connectivity index (χ1n) is 9.50. The molecule has 0 aromatic carbocycles. The summed E-state index contributed by atoms with van der Waals surface area (Å²) in [5.41, 5.74) is 4.76. The lowest BCUT2D eigenvalue weighted by molar-refractivity contribution is 0.0519. The molecule has 28 heavy (non-hydrogen) atoms. The summed E-state index contributed by atoms with van der Waals surface area (Å²) < 4.78 is 15.2. The number of ether oxygens (including phenoxy) is 2. The fourth-order valence-electron chi connectivity index (χ4n) is 2.24. The van der Waals surface area contributed by atoms with Crippen LogP contribution in [0.15, 0.2) is 4.99 Å². The number of hydrogen-bond donors (Lipinski definition) is 3. The van der Waals surface area contributed by atoms with Crippen molar-refractivity contribution in [2.75, 3.05) is 19.6 Å². The van der Waals surface area contributed by atoms with Crippen LogP contribution in [0.2, 0.25) is 0 Å². The molecule has 2 amide bonds. The largest absolute Gasteiger partial charge is 0.560 e. The van der Waals surface area contributed by atoms with Crippen LogP contribution < -0.4 is 16.4 Å². The van der Waals surface area contributed by atoms with E-state index in [1.54, 1.807) is 41.5 Å². The topological polar surface area (TPSA) is 124 Å². The van der Waals surface area contributed by atoms with Crippen LogP contribution in [0.4, 0.5) is 9.59 Å². The molecule has 0 aromatic rings. The standard InChI is InChI=1S/C18H37BN4O5/c1-16(2,3)27-14(24)22-11-8-18(20,7-10-21-13-26-19)9-12-23-15(25)28-17(4,5)6/h13H,7-12,19-20H2,1-6H3,(H,22,24)(H,23,25). The molecule has 0 heterocycles. The molecule has 0 atom stereocenters. The number of nitrogens with two attached hydrogens (primary N) is 1. The van der Waals surface area contributed by atoms with Crippen molar-refractivity contribution in [2.45, 2.75) is 77.5 Å². The van der Waals surface area contributed by atoms with Crippen LogP contribution in [0.25, 0.3) is 0 Å². The number of alkyl carbamates (subject to hydrolysis) is 2. The zero-order valence-electron chi connectivity index (χ0n) is 18.4. The van der Waals surface area contributed by atoms with Crippen LogP contribution >= 0.6 is 0 Å². The molecule has 0 aliphatic rings. The molecule has 162 valence electrons. The van der Waals surface area contributed by atoms with Crippen molar-refractivity contribution in [1.82, 2.24) is 10.6 Å². The van der Waals surface area contributed by atoms with Crippen molar-refractivity contribution in [2.24, 2.45) is 10.7 Å². The van der Waals surface area contributed by atoms with Gasteiger partial charge in [-0.25, -0.2) is 9.59 Å². The third kappa shape index (κ3) is 15.1. The van der Waals surface area contributed by atoms with Crippen LogP contribution in [0.5, 0.6) is 0 Å². The van der Waals surface area contributed by atoms with E-state index < -0.39 is 28.9 Å². The Labute approximate surface area is 169 Å². The summed E-state index contributed by atoms with van der Waals surface area (Å²) in [7, 11) is 1.52. The highest BCUT2D eigenvalue weighted by atomic mass is 16.6. The lowest BCUT2D eigenvalue weighted by atomic mass is 9.88. The molecule has 0 fully saturated rings. The zero-order valence-corrected chi connectivity index (χ0v) is 18.4. The first-order chi connectivity index (χ1) is 12.8. The first kappa shape index (κ1) is 26.0. The molecular weight excluding hydrogens is 363 g/mol. The van der Waals surface area contributed by atoms with Crippen molar-refractivity contribution >= 4 is 26.6 Å². The van der Waals surface area contributed by atoms with E-state index in [4.69, 9.17) is 19.9 Å². The fraction of sp³-hybridized carbons (Fsp3) is 0.833. The Morgan fingerprint density at radius 3 is 1.71 bits per heavy atom. The highest BCUT2D eigenvalue weighted by Gasteiger charge is 2.26. The van der Waals surface area contributed by atoms with Gasteiger partial charge in [-0.15, -0.1) is 0 Å². The minimum atomic E-state index is -0.630. The van der Waals surface area contributed by atoms with E-state index >= 15 is 0 Å². The van der Waals surface area contributed by atoms with E-state index in [1.165, 1.54) is 14.4 Å². The number of amides is 2. The summed E-state index contributed by atoms with van der Waals surface area (Å²) in [6, 6.07) is 0. The maximum atomic E-state index is 11.8. The molecule has 0 aliphatic carbocycles. The Morgan fingerprint density at radius 1 is 0.929 bits per heavy atom. The maximum Gasteiger partial charge on any atom is 0.407 e. The molecule has 0 aliphatic heterocycles. The Bertz CT molecular complexity index is 481. The molecule has 10 heteroatoms. The molecule has 4 N–H and O–H groups in total. The van der Waals surface area contributed by atoms with E-state index in [0.29, 0.717) is 38.9 Å². The molecular formula is C18H37BN4O5. The summed E-state index contributed by atoms with van der Waals surface area (Å²) in [6.07, 6.45) is 1.96. The van der Waals surface area contributed by atoms with Crippen LogP contribution in [0, 0.1) is 0 Å². The molecule has 0 aromatic heterocycles. The van der Waals surface area contributed by atoms with Crippen LogP contribution in [0.1, 0.15) is 60.8 Å². The van der Waals surface area contributed by atoms with Gasteiger partial charge < -0.3 is 30.5 Å². The molecule has 0 radical (unpaired) electrons. The molecule has 0 saturated heterocycles. The van der Waals surface area contributed by atoms with Gasteiger partial charge in [0, 0.05) is 25.2 Å². The maximum absolute atomic E-state index is 11.8. The van der Waals surface area contributed by atoms with E-state index in [1.807, 2.05) is 0 Å². The normalized spacial score (nSPS) is 12.5.